The van der Waals surface area contributed by atoms with Crippen molar-refractivity contribution < 1.29 is 0 Å². The van der Waals surface area contributed by atoms with Crippen LogP contribution in [0.2, 0.25) is 5.15 Å². The summed E-state index contributed by atoms with van der Waals surface area (Å²) in [6.45, 7) is 1.86. The summed E-state index contributed by atoms with van der Waals surface area (Å²) in [7, 11) is 1.81. The van der Waals surface area contributed by atoms with E-state index in [1.54, 1.807) is 16.8 Å². The fourth-order valence-electron chi connectivity index (χ4n) is 1.19. The van der Waals surface area contributed by atoms with E-state index in [4.69, 9.17) is 17.3 Å². The smallest absolute Gasteiger partial charge is 0.202 e. The van der Waals surface area contributed by atoms with E-state index in [2.05, 4.69) is 15.1 Å². The zero-order valence-electron chi connectivity index (χ0n) is 8.40. The van der Waals surface area contributed by atoms with Crippen LogP contribution >= 0.6 is 11.6 Å². The molecule has 0 amide bonds. The fraction of sp³-hybridized carbons (Fsp3) is 0.222. The van der Waals surface area contributed by atoms with Crippen LogP contribution < -0.4 is 5.73 Å². The number of rotatable bonds is 1. The number of halogens is 1. The molecule has 78 valence electrons. The highest BCUT2D eigenvalue weighted by Crippen LogP contribution is 2.22. The zero-order valence-corrected chi connectivity index (χ0v) is 9.15. The van der Waals surface area contributed by atoms with Crippen molar-refractivity contribution in [3.05, 3.63) is 23.1 Å². The lowest BCUT2D eigenvalue weighted by Gasteiger charge is -1.99. The van der Waals surface area contributed by atoms with E-state index < -0.39 is 0 Å². The third-order valence-electron chi connectivity index (χ3n) is 2.09. The van der Waals surface area contributed by atoms with Crippen molar-refractivity contribution in [3.8, 4) is 11.5 Å². The Balaban J connectivity index is 2.58. The van der Waals surface area contributed by atoms with Crippen molar-refractivity contribution >= 4 is 17.3 Å². The van der Waals surface area contributed by atoms with Gasteiger partial charge in [0.25, 0.3) is 0 Å². The molecule has 15 heavy (non-hydrogen) atoms. The average molecular weight is 224 g/mol. The Morgan fingerprint density at radius 1 is 1.33 bits per heavy atom. The molecule has 0 aliphatic carbocycles. The van der Waals surface area contributed by atoms with E-state index >= 15 is 0 Å². The maximum atomic E-state index is 5.78. The maximum absolute atomic E-state index is 5.78. The van der Waals surface area contributed by atoms with Crippen molar-refractivity contribution in [2.75, 3.05) is 5.73 Å². The van der Waals surface area contributed by atoms with Crippen molar-refractivity contribution in [3.63, 3.8) is 0 Å². The summed E-state index contributed by atoms with van der Waals surface area (Å²) >= 11 is 5.78. The SMILES string of the molecule is Cc1nc(-c2nc(Cl)ccc2N)nn1C. The van der Waals surface area contributed by atoms with Gasteiger partial charge in [-0.2, -0.15) is 0 Å². The minimum atomic E-state index is 0.379. The number of nitrogen functional groups attached to an aromatic ring is 1. The lowest BCUT2D eigenvalue weighted by molar-refractivity contribution is 0.736. The first-order valence-electron chi connectivity index (χ1n) is 4.38. The lowest BCUT2D eigenvalue weighted by atomic mass is 10.3. The molecular formula is C9H10ClN5. The highest BCUT2D eigenvalue weighted by Gasteiger charge is 2.11. The van der Waals surface area contributed by atoms with Crippen molar-refractivity contribution in [2.24, 2.45) is 7.05 Å². The van der Waals surface area contributed by atoms with Crippen LogP contribution in [0, 0.1) is 6.92 Å². The second-order valence-electron chi connectivity index (χ2n) is 3.18. The molecule has 0 aliphatic rings. The Labute approximate surface area is 91.9 Å². The van der Waals surface area contributed by atoms with E-state index in [0.717, 1.165) is 5.82 Å². The Hall–Kier alpha value is -1.62. The average Bonchev–Trinajstić information content (AvgIpc) is 2.51. The molecule has 0 saturated heterocycles. The number of hydrogen-bond donors (Lipinski definition) is 1. The van der Waals surface area contributed by atoms with Gasteiger partial charge in [-0.3, -0.25) is 4.68 Å². The highest BCUT2D eigenvalue weighted by atomic mass is 35.5. The number of nitrogens with zero attached hydrogens (tertiary/aromatic N) is 4. The second kappa shape index (κ2) is 3.51. The van der Waals surface area contributed by atoms with Gasteiger partial charge in [-0.1, -0.05) is 11.6 Å². The van der Waals surface area contributed by atoms with E-state index in [0.29, 0.717) is 22.4 Å². The Bertz CT molecular complexity index is 486. The van der Waals surface area contributed by atoms with Crippen LogP contribution in [0.1, 0.15) is 5.82 Å². The molecule has 2 aromatic heterocycles. The van der Waals surface area contributed by atoms with Gasteiger partial charge in [0.15, 0.2) is 0 Å². The first-order chi connectivity index (χ1) is 7.08. The predicted octanol–water partition coefficient (Wildman–Crippen LogP) is 1.42. The topological polar surface area (TPSA) is 69.6 Å². The lowest BCUT2D eigenvalue weighted by Crippen LogP contribution is -1.96. The van der Waals surface area contributed by atoms with E-state index in [1.807, 2.05) is 14.0 Å². The molecular weight excluding hydrogens is 214 g/mol. The van der Waals surface area contributed by atoms with Crippen LogP contribution in [0.15, 0.2) is 12.1 Å². The van der Waals surface area contributed by atoms with Gasteiger partial charge in [0.2, 0.25) is 5.82 Å². The first-order valence-corrected chi connectivity index (χ1v) is 4.76. The standard InChI is InChI=1S/C9H10ClN5/c1-5-12-9(14-15(5)2)8-6(11)3-4-7(10)13-8/h3-4H,11H2,1-2H3. The minimum absolute atomic E-state index is 0.379. The third kappa shape index (κ3) is 1.78. The van der Waals surface area contributed by atoms with Gasteiger partial charge in [-0.15, -0.1) is 5.10 Å². The van der Waals surface area contributed by atoms with Gasteiger partial charge in [0, 0.05) is 7.05 Å². The van der Waals surface area contributed by atoms with Crippen LogP contribution in [-0.4, -0.2) is 19.7 Å². The van der Waals surface area contributed by atoms with Crippen LogP contribution in [0.25, 0.3) is 11.5 Å². The molecule has 0 atom stereocenters. The quantitative estimate of drug-likeness (QED) is 0.743. The number of aryl methyl sites for hydroxylation is 2. The number of nitrogens with two attached hydrogens (primary N) is 1. The molecule has 2 N–H and O–H groups in total. The highest BCUT2D eigenvalue weighted by molar-refractivity contribution is 6.29. The zero-order chi connectivity index (χ0) is 11.0. The van der Waals surface area contributed by atoms with Gasteiger partial charge in [-0.05, 0) is 19.1 Å². The van der Waals surface area contributed by atoms with E-state index in [-0.39, 0.29) is 0 Å². The largest absolute Gasteiger partial charge is 0.397 e. The first kappa shape index (κ1) is 9.92. The molecule has 0 aliphatic heterocycles. The van der Waals surface area contributed by atoms with Gasteiger partial charge in [0.1, 0.15) is 16.7 Å². The normalized spacial score (nSPS) is 10.6. The van der Waals surface area contributed by atoms with Crippen LogP contribution in [0.5, 0.6) is 0 Å². The molecule has 0 unspecified atom stereocenters. The third-order valence-corrected chi connectivity index (χ3v) is 2.30. The van der Waals surface area contributed by atoms with Gasteiger partial charge in [-0.25, -0.2) is 9.97 Å². The Morgan fingerprint density at radius 2 is 2.07 bits per heavy atom. The molecule has 0 fully saturated rings. The number of aromatic nitrogens is 4. The number of hydrogen-bond acceptors (Lipinski definition) is 4. The summed E-state index contributed by atoms with van der Waals surface area (Å²) in [5, 5.41) is 4.57. The summed E-state index contributed by atoms with van der Waals surface area (Å²) in [5.74, 6) is 1.29. The number of pyridine rings is 1. The molecule has 0 saturated carbocycles. The van der Waals surface area contributed by atoms with Gasteiger partial charge in [0.05, 0.1) is 5.69 Å². The van der Waals surface area contributed by atoms with Gasteiger partial charge < -0.3 is 5.73 Å². The second-order valence-corrected chi connectivity index (χ2v) is 3.57. The van der Waals surface area contributed by atoms with Crippen LogP contribution in [-0.2, 0) is 7.05 Å². The van der Waals surface area contributed by atoms with Crippen LogP contribution in [0.3, 0.4) is 0 Å². The van der Waals surface area contributed by atoms with Crippen LogP contribution in [0.4, 0.5) is 5.69 Å². The number of anilines is 1. The summed E-state index contributed by atoms with van der Waals surface area (Å²) in [6.07, 6.45) is 0. The fourth-order valence-corrected chi connectivity index (χ4v) is 1.34. The predicted molar refractivity (Wildman–Crippen MR) is 58.4 cm³/mol. The summed E-state index contributed by atoms with van der Waals surface area (Å²) in [5.41, 5.74) is 6.81. The molecule has 2 heterocycles. The Morgan fingerprint density at radius 3 is 2.67 bits per heavy atom. The summed E-state index contributed by atoms with van der Waals surface area (Å²) < 4.78 is 1.66. The molecule has 2 rings (SSSR count). The molecule has 0 aromatic carbocycles. The van der Waals surface area contributed by atoms with E-state index in [1.165, 1.54) is 0 Å². The van der Waals surface area contributed by atoms with Crippen molar-refractivity contribution in [1.82, 2.24) is 19.7 Å². The summed E-state index contributed by atoms with van der Waals surface area (Å²) in [6, 6.07) is 3.33. The molecule has 0 spiro atoms. The monoisotopic (exact) mass is 223 g/mol. The molecule has 5 nitrogen and oxygen atoms in total. The minimum Gasteiger partial charge on any atom is -0.397 e. The maximum Gasteiger partial charge on any atom is 0.202 e. The van der Waals surface area contributed by atoms with E-state index in [9.17, 15) is 0 Å². The molecule has 0 radical (unpaired) electrons. The molecule has 0 bridgehead atoms. The molecule has 2 aromatic rings. The Kier molecular flexibility index (Phi) is 2.32. The van der Waals surface area contributed by atoms with Crippen molar-refractivity contribution in [2.45, 2.75) is 6.92 Å². The van der Waals surface area contributed by atoms with Crippen molar-refractivity contribution in [1.29, 1.82) is 0 Å². The summed E-state index contributed by atoms with van der Waals surface area (Å²) in [4.78, 5) is 8.33. The van der Waals surface area contributed by atoms with Gasteiger partial charge >= 0.3 is 0 Å². The molecule has 6 heteroatoms.